The Morgan fingerprint density at radius 1 is 1.15 bits per heavy atom. The van der Waals surface area contributed by atoms with Crippen LogP contribution < -0.4 is 15.0 Å². The van der Waals surface area contributed by atoms with Crippen molar-refractivity contribution in [2.75, 3.05) is 44.7 Å². The number of benzene rings is 1. The maximum atomic E-state index is 5.29. The Kier molecular flexibility index (Phi) is 6.30. The predicted molar refractivity (Wildman–Crippen MR) is 106 cm³/mol. The number of methoxy groups -OCH3 is 1. The van der Waals surface area contributed by atoms with E-state index in [1.54, 1.807) is 7.11 Å². The van der Waals surface area contributed by atoms with Gasteiger partial charge in [-0.25, -0.2) is 9.98 Å². The molecule has 0 spiro atoms. The lowest BCUT2D eigenvalue weighted by atomic mass is 10.2. The van der Waals surface area contributed by atoms with Crippen LogP contribution in [0.2, 0.25) is 0 Å². The smallest absolute Gasteiger partial charge is 0.194 e. The van der Waals surface area contributed by atoms with Crippen LogP contribution >= 0.6 is 0 Å². The number of aromatic nitrogens is 1. The third-order valence-corrected chi connectivity index (χ3v) is 4.43. The number of rotatable bonds is 5. The standard InChI is InChI=1S/C20H27N5O/c1-3-21-20(23-16-17-7-6-8-18(15-17)26-2)25-13-11-24(12-14-25)19-9-4-5-10-22-19/h4-10,15H,3,11-14,16H2,1-2H3,(H,21,23). The highest BCUT2D eigenvalue weighted by molar-refractivity contribution is 5.80. The summed E-state index contributed by atoms with van der Waals surface area (Å²) >= 11 is 0. The average Bonchev–Trinajstić information content (AvgIpc) is 2.72. The van der Waals surface area contributed by atoms with Crippen LogP contribution in [0.15, 0.2) is 53.7 Å². The van der Waals surface area contributed by atoms with Gasteiger partial charge in [0.05, 0.1) is 13.7 Å². The third-order valence-electron chi connectivity index (χ3n) is 4.43. The van der Waals surface area contributed by atoms with Crippen LogP contribution in [0.1, 0.15) is 12.5 Å². The van der Waals surface area contributed by atoms with Gasteiger partial charge in [0.15, 0.2) is 5.96 Å². The predicted octanol–water partition coefficient (Wildman–Crippen LogP) is 2.38. The molecule has 1 aliphatic heterocycles. The van der Waals surface area contributed by atoms with Crippen LogP contribution in [-0.4, -0.2) is 55.7 Å². The van der Waals surface area contributed by atoms with Crippen molar-refractivity contribution in [2.24, 2.45) is 4.99 Å². The summed E-state index contributed by atoms with van der Waals surface area (Å²) in [5.74, 6) is 2.88. The first-order chi connectivity index (χ1) is 12.8. The Morgan fingerprint density at radius 3 is 2.69 bits per heavy atom. The second kappa shape index (κ2) is 9.08. The zero-order valence-electron chi connectivity index (χ0n) is 15.6. The van der Waals surface area contributed by atoms with Crippen LogP contribution in [0.4, 0.5) is 5.82 Å². The summed E-state index contributed by atoms with van der Waals surface area (Å²) in [4.78, 5) is 13.9. The minimum Gasteiger partial charge on any atom is -0.497 e. The molecule has 1 N–H and O–H groups in total. The van der Waals surface area contributed by atoms with Gasteiger partial charge < -0.3 is 19.9 Å². The SMILES string of the molecule is CCNC(=NCc1cccc(OC)c1)N1CCN(c2ccccn2)CC1. The van der Waals surface area contributed by atoms with Crippen molar-refractivity contribution in [3.8, 4) is 5.75 Å². The van der Waals surface area contributed by atoms with Gasteiger partial charge in [0, 0.05) is 38.9 Å². The highest BCUT2D eigenvalue weighted by atomic mass is 16.5. The molecule has 1 aromatic carbocycles. The number of guanidine groups is 1. The Hall–Kier alpha value is -2.76. The van der Waals surface area contributed by atoms with E-state index in [0.717, 1.165) is 55.8 Å². The molecule has 3 rings (SSSR count). The first-order valence-electron chi connectivity index (χ1n) is 9.12. The van der Waals surface area contributed by atoms with Gasteiger partial charge >= 0.3 is 0 Å². The number of pyridine rings is 1. The van der Waals surface area contributed by atoms with Gasteiger partial charge in [-0.2, -0.15) is 0 Å². The molecule has 6 heteroatoms. The number of aliphatic imine (C=N–C) groups is 1. The third kappa shape index (κ3) is 4.65. The van der Waals surface area contributed by atoms with Gasteiger partial charge in [0.25, 0.3) is 0 Å². The highest BCUT2D eigenvalue weighted by Crippen LogP contribution is 2.15. The van der Waals surface area contributed by atoms with Gasteiger partial charge in [0.2, 0.25) is 0 Å². The molecule has 138 valence electrons. The van der Waals surface area contributed by atoms with Gasteiger partial charge in [0.1, 0.15) is 11.6 Å². The minimum atomic E-state index is 0.639. The van der Waals surface area contributed by atoms with E-state index in [1.807, 2.05) is 36.5 Å². The Labute approximate surface area is 155 Å². The average molecular weight is 353 g/mol. The first-order valence-corrected chi connectivity index (χ1v) is 9.12. The molecule has 0 unspecified atom stereocenters. The van der Waals surface area contributed by atoms with E-state index in [9.17, 15) is 0 Å². The summed E-state index contributed by atoms with van der Waals surface area (Å²) in [5.41, 5.74) is 1.15. The van der Waals surface area contributed by atoms with Crippen molar-refractivity contribution in [1.82, 2.24) is 15.2 Å². The number of ether oxygens (including phenoxy) is 1. The Bertz CT molecular complexity index is 711. The fourth-order valence-electron chi connectivity index (χ4n) is 3.05. The summed E-state index contributed by atoms with van der Waals surface area (Å²) in [7, 11) is 1.69. The lowest BCUT2D eigenvalue weighted by Crippen LogP contribution is -2.52. The molecule has 0 aliphatic carbocycles. The number of nitrogens with zero attached hydrogens (tertiary/aromatic N) is 4. The largest absolute Gasteiger partial charge is 0.497 e. The number of piperazine rings is 1. The summed E-state index contributed by atoms with van der Waals surface area (Å²) in [6, 6.07) is 14.1. The van der Waals surface area contributed by atoms with Gasteiger partial charge in [-0.05, 0) is 36.8 Å². The quantitative estimate of drug-likeness (QED) is 0.661. The van der Waals surface area contributed by atoms with Gasteiger partial charge in [-0.3, -0.25) is 0 Å². The summed E-state index contributed by atoms with van der Waals surface area (Å²) in [5, 5.41) is 3.42. The lowest BCUT2D eigenvalue weighted by molar-refractivity contribution is 0.371. The van der Waals surface area contributed by atoms with Crippen LogP contribution in [0.5, 0.6) is 5.75 Å². The van der Waals surface area contributed by atoms with Crippen LogP contribution in [0, 0.1) is 0 Å². The summed E-state index contributed by atoms with van der Waals surface area (Å²) < 4.78 is 5.29. The molecule has 26 heavy (non-hydrogen) atoms. The maximum Gasteiger partial charge on any atom is 0.194 e. The Balaban J connectivity index is 1.62. The molecule has 1 aliphatic rings. The molecule has 0 saturated carbocycles. The van der Waals surface area contributed by atoms with Crippen LogP contribution in [0.3, 0.4) is 0 Å². The fourth-order valence-corrected chi connectivity index (χ4v) is 3.05. The molecule has 1 fully saturated rings. The second-order valence-corrected chi connectivity index (χ2v) is 6.18. The molecular formula is C20H27N5O. The van der Waals surface area contributed by atoms with Crippen molar-refractivity contribution in [3.63, 3.8) is 0 Å². The minimum absolute atomic E-state index is 0.639. The highest BCUT2D eigenvalue weighted by Gasteiger charge is 2.20. The van der Waals surface area contributed by atoms with Gasteiger partial charge in [-0.1, -0.05) is 18.2 Å². The van der Waals surface area contributed by atoms with E-state index in [2.05, 4.69) is 39.2 Å². The van der Waals surface area contributed by atoms with E-state index < -0.39 is 0 Å². The molecule has 0 amide bonds. The van der Waals surface area contributed by atoms with Crippen molar-refractivity contribution in [1.29, 1.82) is 0 Å². The van der Waals surface area contributed by atoms with Crippen LogP contribution in [-0.2, 0) is 6.54 Å². The van der Waals surface area contributed by atoms with Crippen molar-refractivity contribution >= 4 is 11.8 Å². The normalized spacial score (nSPS) is 15.1. The molecule has 0 bridgehead atoms. The van der Waals surface area contributed by atoms with Crippen molar-refractivity contribution in [2.45, 2.75) is 13.5 Å². The molecule has 0 atom stereocenters. The molecule has 1 saturated heterocycles. The maximum absolute atomic E-state index is 5.29. The second-order valence-electron chi connectivity index (χ2n) is 6.18. The number of anilines is 1. The Morgan fingerprint density at radius 2 is 2.00 bits per heavy atom. The van der Waals surface area contributed by atoms with Gasteiger partial charge in [-0.15, -0.1) is 0 Å². The van der Waals surface area contributed by atoms with E-state index in [-0.39, 0.29) is 0 Å². The molecular weight excluding hydrogens is 326 g/mol. The molecule has 6 nitrogen and oxygen atoms in total. The van der Waals surface area contributed by atoms with Crippen molar-refractivity contribution in [3.05, 3.63) is 54.2 Å². The number of hydrogen-bond acceptors (Lipinski definition) is 4. The molecule has 2 heterocycles. The van der Waals surface area contributed by atoms with E-state index in [4.69, 9.17) is 9.73 Å². The van der Waals surface area contributed by atoms with Crippen LogP contribution in [0.25, 0.3) is 0 Å². The van der Waals surface area contributed by atoms with E-state index in [1.165, 1.54) is 0 Å². The summed E-state index contributed by atoms with van der Waals surface area (Å²) in [6.07, 6.45) is 1.85. The lowest BCUT2D eigenvalue weighted by Gasteiger charge is -2.37. The van der Waals surface area contributed by atoms with E-state index >= 15 is 0 Å². The summed E-state index contributed by atoms with van der Waals surface area (Å²) in [6.45, 7) is 7.35. The first kappa shape index (κ1) is 18.0. The van der Waals surface area contributed by atoms with Crippen molar-refractivity contribution < 1.29 is 4.74 Å². The zero-order valence-corrected chi connectivity index (χ0v) is 15.6. The van der Waals surface area contributed by atoms with E-state index in [0.29, 0.717) is 6.54 Å². The zero-order chi connectivity index (χ0) is 18.2. The molecule has 0 radical (unpaired) electrons. The molecule has 1 aromatic heterocycles. The fraction of sp³-hybridized carbons (Fsp3) is 0.400. The monoisotopic (exact) mass is 353 g/mol. The number of hydrogen-bond donors (Lipinski definition) is 1. The topological polar surface area (TPSA) is 53.0 Å². The number of nitrogens with one attached hydrogen (secondary N) is 1. The molecule has 2 aromatic rings.